The van der Waals surface area contributed by atoms with Crippen molar-refractivity contribution in [2.24, 2.45) is 0 Å². The second kappa shape index (κ2) is 2.96. The van der Waals surface area contributed by atoms with E-state index in [1.165, 1.54) is 6.07 Å². The van der Waals surface area contributed by atoms with Crippen LogP contribution in [0.25, 0.3) is 0 Å². The minimum atomic E-state index is -0.866. The molecule has 1 rings (SSSR count). The van der Waals surface area contributed by atoms with Gasteiger partial charge >= 0.3 is 0 Å². The summed E-state index contributed by atoms with van der Waals surface area (Å²) >= 11 is 5.89. The molecule has 1 aromatic carbocycles. The predicted molar refractivity (Wildman–Crippen MR) is 41.8 cm³/mol. The Hall–Kier alpha value is 0.0400. The maximum Gasteiger partial charge on any atom is 0.174 e. The highest BCUT2D eigenvalue weighted by Crippen LogP contribution is 2.26. The van der Waals surface area contributed by atoms with Gasteiger partial charge in [0.2, 0.25) is 0 Å². The van der Waals surface area contributed by atoms with E-state index < -0.39 is 11.6 Å². The van der Waals surface area contributed by atoms with Gasteiger partial charge in [0, 0.05) is 4.47 Å². The fourth-order valence-electron chi connectivity index (χ4n) is 0.502. The lowest BCUT2D eigenvalue weighted by molar-refractivity contribution is 0.503. The van der Waals surface area contributed by atoms with Gasteiger partial charge in [-0.2, -0.15) is 0 Å². The molecule has 0 aliphatic rings. The molecule has 0 fully saturated rings. The largest absolute Gasteiger partial charge is 0.204 e. The van der Waals surface area contributed by atoms with Crippen molar-refractivity contribution < 1.29 is 8.78 Å². The van der Waals surface area contributed by atoms with Crippen LogP contribution in [0.15, 0.2) is 21.1 Å². The first kappa shape index (κ1) is 8.14. The van der Waals surface area contributed by atoms with E-state index in [1.807, 2.05) is 0 Å². The molecule has 0 atom stereocenters. The monoisotopic (exact) mass is 270 g/mol. The van der Waals surface area contributed by atoms with Crippen molar-refractivity contribution in [3.8, 4) is 0 Å². The highest BCUT2D eigenvalue weighted by Gasteiger charge is 2.07. The Bertz CT molecular complexity index is 233. The van der Waals surface area contributed by atoms with E-state index >= 15 is 0 Å². The zero-order valence-electron chi connectivity index (χ0n) is 4.67. The molecule has 54 valence electrons. The lowest BCUT2D eigenvalue weighted by Crippen LogP contribution is -1.84. The van der Waals surface area contributed by atoms with Gasteiger partial charge in [-0.3, -0.25) is 0 Å². The number of halogens is 4. The number of benzene rings is 1. The van der Waals surface area contributed by atoms with Gasteiger partial charge in [0.1, 0.15) is 0 Å². The van der Waals surface area contributed by atoms with E-state index in [4.69, 9.17) is 0 Å². The van der Waals surface area contributed by atoms with Crippen molar-refractivity contribution in [1.82, 2.24) is 0 Å². The van der Waals surface area contributed by atoms with Crippen LogP contribution < -0.4 is 0 Å². The van der Waals surface area contributed by atoms with E-state index in [9.17, 15) is 8.78 Å². The van der Waals surface area contributed by atoms with E-state index in [0.29, 0.717) is 4.47 Å². The average Bonchev–Trinajstić information content (AvgIpc) is 1.93. The second-order valence-electron chi connectivity index (χ2n) is 1.66. The molecule has 0 spiro atoms. The van der Waals surface area contributed by atoms with Crippen LogP contribution in [-0.2, 0) is 0 Å². The van der Waals surface area contributed by atoms with Crippen molar-refractivity contribution in [3.63, 3.8) is 0 Å². The van der Waals surface area contributed by atoms with Crippen LogP contribution in [0.2, 0.25) is 0 Å². The zero-order chi connectivity index (χ0) is 7.72. The summed E-state index contributed by atoms with van der Waals surface area (Å²) in [5.74, 6) is -1.72. The number of hydrogen-bond acceptors (Lipinski definition) is 0. The molecule has 1 aromatic rings. The molecule has 0 saturated carbocycles. The molecule has 0 saturated heterocycles. The Morgan fingerprint density at radius 1 is 1.10 bits per heavy atom. The molecule has 10 heavy (non-hydrogen) atoms. The Labute approximate surface area is 73.5 Å². The second-order valence-corrected chi connectivity index (χ2v) is 3.30. The molecule has 4 heteroatoms. The molecule has 0 aliphatic carbocycles. The van der Waals surface area contributed by atoms with Crippen molar-refractivity contribution >= 4 is 31.9 Å². The van der Waals surface area contributed by atoms with E-state index in [1.54, 1.807) is 0 Å². The van der Waals surface area contributed by atoms with Gasteiger partial charge in [-0.05, 0) is 44.0 Å². The van der Waals surface area contributed by atoms with Crippen LogP contribution in [0.5, 0.6) is 0 Å². The van der Waals surface area contributed by atoms with Crippen molar-refractivity contribution in [2.45, 2.75) is 0 Å². The summed E-state index contributed by atoms with van der Waals surface area (Å²) < 4.78 is 25.5. The summed E-state index contributed by atoms with van der Waals surface area (Å²) in [6.45, 7) is 0. The van der Waals surface area contributed by atoms with Crippen LogP contribution >= 0.6 is 31.9 Å². The predicted octanol–water partition coefficient (Wildman–Crippen LogP) is 3.49. The molecular formula is C6H2Br2F2. The Morgan fingerprint density at radius 3 is 2.20 bits per heavy atom. The maximum absolute atomic E-state index is 12.5. The molecular weight excluding hydrogens is 270 g/mol. The summed E-state index contributed by atoms with van der Waals surface area (Å²) in [6.07, 6.45) is 0. The van der Waals surface area contributed by atoms with Crippen LogP contribution in [0.1, 0.15) is 0 Å². The molecule has 0 aliphatic heterocycles. The molecule has 0 bridgehead atoms. The summed E-state index contributed by atoms with van der Waals surface area (Å²) in [5.41, 5.74) is 0. The zero-order valence-corrected chi connectivity index (χ0v) is 7.84. The van der Waals surface area contributed by atoms with Crippen molar-refractivity contribution in [3.05, 3.63) is 32.7 Å². The molecule has 0 N–H and O–H groups in total. The third kappa shape index (κ3) is 1.37. The van der Waals surface area contributed by atoms with Gasteiger partial charge in [0.25, 0.3) is 0 Å². The van der Waals surface area contributed by atoms with Gasteiger partial charge in [0.05, 0.1) is 4.47 Å². The summed E-state index contributed by atoms with van der Waals surface area (Å²) in [5, 5.41) is 0. The van der Waals surface area contributed by atoms with E-state index in [-0.39, 0.29) is 4.47 Å². The Morgan fingerprint density at radius 2 is 1.70 bits per heavy atom. The standard InChI is InChI=1S/C6H2Br2F2/c7-3-1-2-4(9)6(10)5(3)8/h1-2H. The minimum Gasteiger partial charge on any atom is -0.204 e. The molecule has 0 unspecified atom stereocenters. The molecule has 0 radical (unpaired) electrons. The summed E-state index contributed by atoms with van der Waals surface area (Å²) in [6, 6.07) is 2.49. The lowest BCUT2D eigenvalue weighted by atomic mass is 10.3. The lowest BCUT2D eigenvalue weighted by Gasteiger charge is -1.96. The maximum atomic E-state index is 12.5. The van der Waals surface area contributed by atoms with Gasteiger partial charge in [-0.25, -0.2) is 8.78 Å². The topological polar surface area (TPSA) is 0 Å². The van der Waals surface area contributed by atoms with Gasteiger partial charge in [0.15, 0.2) is 11.6 Å². The third-order valence-corrected chi connectivity index (χ3v) is 2.96. The van der Waals surface area contributed by atoms with Crippen molar-refractivity contribution in [2.75, 3.05) is 0 Å². The first-order valence-corrected chi connectivity index (χ1v) is 4.00. The van der Waals surface area contributed by atoms with Gasteiger partial charge in [-0.15, -0.1) is 0 Å². The molecule has 0 heterocycles. The van der Waals surface area contributed by atoms with Crippen LogP contribution in [0.3, 0.4) is 0 Å². The quantitative estimate of drug-likeness (QED) is 0.501. The minimum absolute atomic E-state index is 0.118. The van der Waals surface area contributed by atoms with Crippen LogP contribution in [0.4, 0.5) is 8.78 Å². The first-order valence-electron chi connectivity index (χ1n) is 2.42. The molecule has 0 amide bonds. The normalized spacial score (nSPS) is 10.0. The van der Waals surface area contributed by atoms with Gasteiger partial charge < -0.3 is 0 Å². The Balaban J connectivity index is 3.34. The number of hydrogen-bond donors (Lipinski definition) is 0. The summed E-state index contributed by atoms with van der Waals surface area (Å²) in [4.78, 5) is 0. The highest BCUT2D eigenvalue weighted by atomic mass is 79.9. The fraction of sp³-hybridized carbons (Fsp3) is 0. The van der Waals surface area contributed by atoms with Crippen LogP contribution in [-0.4, -0.2) is 0 Å². The van der Waals surface area contributed by atoms with E-state index in [0.717, 1.165) is 6.07 Å². The highest BCUT2D eigenvalue weighted by molar-refractivity contribution is 9.13. The van der Waals surface area contributed by atoms with E-state index in [2.05, 4.69) is 31.9 Å². The molecule has 0 aromatic heterocycles. The first-order chi connectivity index (χ1) is 4.63. The Kier molecular flexibility index (Phi) is 2.41. The summed E-state index contributed by atoms with van der Waals surface area (Å²) in [7, 11) is 0. The average molecular weight is 272 g/mol. The smallest absolute Gasteiger partial charge is 0.174 e. The number of rotatable bonds is 0. The third-order valence-electron chi connectivity index (χ3n) is 0.988. The SMILES string of the molecule is Fc1ccc(Br)c(Br)c1F. The van der Waals surface area contributed by atoms with Gasteiger partial charge in [-0.1, -0.05) is 0 Å². The molecule has 0 nitrogen and oxygen atoms in total. The van der Waals surface area contributed by atoms with Crippen LogP contribution in [0, 0.1) is 11.6 Å². The van der Waals surface area contributed by atoms with Crippen molar-refractivity contribution in [1.29, 1.82) is 0 Å². The fourth-order valence-corrected chi connectivity index (χ4v) is 1.13.